The number of nitrogens with zero attached hydrogens (tertiary/aromatic N) is 1. The first-order valence-electron chi connectivity index (χ1n) is 5.67. The number of furan rings is 1. The largest absolute Gasteiger partial charge is 0.478 e. The molecular weight excluding hydrogens is 342 g/mol. The van der Waals surface area contributed by atoms with Crippen LogP contribution in [0.5, 0.6) is 0 Å². The van der Waals surface area contributed by atoms with Gasteiger partial charge < -0.3 is 9.52 Å². The summed E-state index contributed by atoms with van der Waals surface area (Å²) in [5, 5.41) is 11.6. The van der Waals surface area contributed by atoms with Crippen molar-refractivity contribution >= 4 is 33.2 Å². The van der Waals surface area contributed by atoms with E-state index >= 15 is 0 Å². The van der Waals surface area contributed by atoms with Gasteiger partial charge in [-0.25, -0.2) is 9.78 Å². The average Bonchev–Trinajstić information content (AvgIpc) is 3.08. The summed E-state index contributed by atoms with van der Waals surface area (Å²) in [6.45, 7) is 0. The van der Waals surface area contributed by atoms with Crippen molar-refractivity contribution in [2.24, 2.45) is 0 Å². The van der Waals surface area contributed by atoms with Crippen LogP contribution in [0.1, 0.15) is 10.4 Å². The molecule has 0 aliphatic heterocycles. The number of rotatable bonds is 3. The third-order valence-corrected chi connectivity index (χ3v) is 4.06. The van der Waals surface area contributed by atoms with Crippen molar-refractivity contribution in [2.45, 2.75) is 0 Å². The monoisotopic (exact) mass is 349 g/mol. The van der Waals surface area contributed by atoms with Crippen molar-refractivity contribution in [3.8, 4) is 22.0 Å². The zero-order valence-corrected chi connectivity index (χ0v) is 12.4. The molecule has 20 heavy (non-hydrogen) atoms. The molecule has 0 radical (unpaired) electrons. The Balaban J connectivity index is 1.95. The molecule has 0 fully saturated rings. The van der Waals surface area contributed by atoms with Crippen LogP contribution >= 0.6 is 27.3 Å². The van der Waals surface area contributed by atoms with Crippen molar-refractivity contribution in [3.63, 3.8) is 0 Å². The molecule has 100 valence electrons. The second-order valence-electron chi connectivity index (χ2n) is 4.05. The molecule has 0 spiro atoms. The molecule has 2 heterocycles. The molecular formula is C14H8BrNO3S. The van der Waals surface area contributed by atoms with E-state index in [4.69, 9.17) is 9.52 Å². The first-order chi connectivity index (χ1) is 9.63. The Bertz CT molecular complexity index is 778. The van der Waals surface area contributed by atoms with Crippen LogP contribution in [0, 0.1) is 0 Å². The van der Waals surface area contributed by atoms with Gasteiger partial charge in [-0.3, -0.25) is 0 Å². The van der Waals surface area contributed by atoms with Crippen LogP contribution in [-0.2, 0) is 0 Å². The Morgan fingerprint density at radius 2 is 2.20 bits per heavy atom. The number of aromatic carboxylic acids is 1. The van der Waals surface area contributed by atoms with Gasteiger partial charge in [0.2, 0.25) is 0 Å². The van der Waals surface area contributed by atoms with Crippen LogP contribution in [0.15, 0.2) is 50.9 Å². The summed E-state index contributed by atoms with van der Waals surface area (Å²) < 4.78 is 6.22. The highest BCUT2D eigenvalue weighted by Crippen LogP contribution is 2.30. The molecule has 3 rings (SSSR count). The zero-order chi connectivity index (χ0) is 14.1. The minimum atomic E-state index is -1.01. The third-order valence-electron chi connectivity index (χ3n) is 2.67. The Kier molecular flexibility index (Phi) is 3.42. The first kappa shape index (κ1) is 13.1. The maximum absolute atomic E-state index is 10.8. The van der Waals surface area contributed by atoms with Crippen LogP contribution in [0.3, 0.4) is 0 Å². The average molecular weight is 350 g/mol. The van der Waals surface area contributed by atoms with Gasteiger partial charge in [0.25, 0.3) is 0 Å². The maximum Gasteiger partial charge on any atom is 0.338 e. The van der Waals surface area contributed by atoms with Gasteiger partial charge in [-0.15, -0.1) is 11.3 Å². The zero-order valence-electron chi connectivity index (χ0n) is 10.0. The van der Waals surface area contributed by atoms with E-state index in [9.17, 15) is 4.79 Å². The third kappa shape index (κ3) is 2.52. The summed E-state index contributed by atoms with van der Waals surface area (Å²) in [5.41, 5.74) is 1.76. The van der Waals surface area contributed by atoms with E-state index < -0.39 is 5.97 Å². The normalized spacial score (nSPS) is 10.7. The quantitative estimate of drug-likeness (QED) is 0.754. The maximum atomic E-state index is 10.8. The predicted molar refractivity (Wildman–Crippen MR) is 79.9 cm³/mol. The van der Waals surface area contributed by atoms with Gasteiger partial charge in [-0.05, 0) is 12.1 Å². The lowest BCUT2D eigenvalue weighted by molar-refractivity contribution is 0.0696. The molecule has 1 N–H and O–H groups in total. The summed E-state index contributed by atoms with van der Waals surface area (Å²) in [6, 6.07) is 9.31. The van der Waals surface area contributed by atoms with Gasteiger partial charge in [-0.2, -0.15) is 0 Å². The lowest BCUT2D eigenvalue weighted by Crippen LogP contribution is -1.91. The number of carbonyl (C=O) groups is 1. The number of thiazole rings is 1. The van der Waals surface area contributed by atoms with Crippen molar-refractivity contribution in [2.75, 3.05) is 0 Å². The minimum Gasteiger partial charge on any atom is -0.478 e. The highest BCUT2D eigenvalue weighted by molar-refractivity contribution is 9.10. The lowest BCUT2D eigenvalue weighted by atomic mass is 10.2. The second-order valence-corrected chi connectivity index (χ2v) is 5.83. The molecule has 6 heteroatoms. The van der Waals surface area contributed by atoms with Crippen LogP contribution < -0.4 is 0 Å². The second kappa shape index (κ2) is 5.22. The van der Waals surface area contributed by atoms with Gasteiger partial charge in [0.15, 0.2) is 5.76 Å². The molecule has 0 saturated heterocycles. The van der Waals surface area contributed by atoms with Crippen LogP contribution in [0.4, 0.5) is 0 Å². The molecule has 3 aromatic rings. The molecule has 0 saturated carbocycles. The van der Waals surface area contributed by atoms with E-state index in [1.807, 2.05) is 29.6 Å². The van der Waals surface area contributed by atoms with Gasteiger partial charge in [-0.1, -0.05) is 28.1 Å². The van der Waals surface area contributed by atoms with Gasteiger partial charge in [0, 0.05) is 21.5 Å². The lowest BCUT2D eigenvalue weighted by Gasteiger charge is -1.96. The smallest absolute Gasteiger partial charge is 0.338 e. The molecule has 2 aromatic heterocycles. The summed E-state index contributed by atoms with van der Waals surface area (Å²) in [4.78, 5) is 15.3. The Morgan fingerprint density at radius 3 is 2.90 bits per heavy atom. The fraction of sp³-hybridized carbons (Fsp3) is 0. The highest BCUT2D eigenvalue weighted by atomic mass is 79.9. The van der Waals surface area contributed by atoms with Crippen molar-refractivity contribution in [3.05, 3.63) is 52.0 Å². The van der Waals surface area contributed by atoms with Crippen LogP contribution in [-0.4, -0.2) is 16.1 Å². The van der Waals surface area contributed by atoms with Crippen molar-refractivity contribution in [1.29, 1.82) is 0 Å². The van der Waals surface area contributed by atoms with Gasteiger partial charge in [0.1, 0.15) is 17.0 Å². The number of halogens is 1. The predicted octanol–water partition coefficient (Wildman–Crippen LogP) is 4.53. The van der Waals surface area contributed by atoms with E-state index in [1.54, 1.807) is 0 Å². The Hall–Kier alpha value is -1.92. The van der Waals surface area contributed by atoms with Crippen LogP contribution in [0.25, 0.3) is 22.0 Å². The number of benzene rings is 1. The number of hydrogen-bond acceptors (Lipinski definition) is 4. The molecule has 0 atom stereocenters. The SMILES string of the molecule is O=C(O)c1coc(-c2csc(-c3cccc(Br)c3)n2)c1. The van der Waals surface area contributed by atoms with Crippen LogP contribution in [0.2, 0.25) is 0 Å². The van der Waals surface area contributed by atoms with Crippen molar-refractivity contribution in [1.82, 2.24) is 4.98 Å². The van der Waals surface area contributed by atoms with Crippen molar-refractivity contribution < 1.29 is 14.3 Å². The topological polar surface area (TPSA) is 63.3 Å². The number of carboxylic acid groups (broad SMARTS) is 1. The number of aromatic nitrogens is 1. The van der Waals surface area contributed by atoms with E-state index in [0.717, 1.165) is 15.0 Å². The summed E-state index contributed by atoms with van der Waals surface area (Å²) in [5.74, 6) is -0.553. The molecule has 1 aromatic carbocycles. The van der Waals surface area contributed by atoms with E-state index in [1.165, 1.54) is 23.7 Å². The Morgan fingerprint density at radius 1 is 1.35 bits per heavy atom. The molecule has 0 aliphatic carbocycles. The fourth-order valence-electron chi connectivity index (χ4n) is 1.72. The van der Waals surface area contributed by atoms with E-state index in [0.29, 0.717) is 11.5 Å². The first-order valence-corrected chi connectivity index (χ1v) is 7.34. The van der Waals surface area contributed by atoms with Gasteiger partial charge in [0.05, 0.1) is 5.56 Å². The fourth-order valence-corrected chi connectivity index (χ4v) is 2.93. The summed E-state index contributed by atoms with van der Waals surface area (Å²) in [7, 11) is 0. The molecule has 4 nitrogen and oxygen atoms in total. The molecule has 0 bridgehead atoms. The molecule has 0 aliphatic rings. The Labute approximate surface area is 126 Å². The summed E-state index contributed by atoms with van der Waals surface area (Å²) >= 11 is 4.91. The minimum absolute atomic E-state index is 0.122. The number of hydrogen-bond donors (Lipinski definition) is 1. The standard InChI is InChI=1S/C14H8BrNO3S/c15-10-3-1-2-8(4-10)13-16-11(7-20-13)12-5-9(6-19-12)14(17)18/h1-7H,(H,17,18). The van der Waals surface area contributed by atoms with Gasteiger partial charge >= 0.3 is 5.97 Å². The van der Waals surface area contributed by atoms with E-state index in [-0.39, 0.29) is 5.56 Å². The molecule has 0 unspecified atom stereocenters. The molecule has 0 amide bonds. The highest BCUT2D eigenvalue weighted by Gasteiger charge is 2.13. The van der Waals surface area contributed by atoms with E-state index in [2.05, 4.69) is 20.9 Å². The summed E-state index contributed by atoms with van der Waals surface area (Å²) in [6.07, 6.45) is 1.22. The number of carboxylic acids is 1.